The Bertz CT molecular complexity index is 1760. The second-order valence-corrected chi connectivity index (χ2v) is 10.8. The van der Waals surface area contributed by atoms with Gasteiger partial charge in [-0.15, -0.1) is 0 Å². The molecule has 1 amide bonds. The van der Waals surface area contributed by atoms with E-state index < -0.39 is 15.9 Å². The molecule has 0 saturated heterocycles. The average molecular weight is 548 g/mol. The predicted octanol–water partition coefficient (Wildman–Crippen LogP) is 6.92. The standard InChI is InChI=1S/C29H26ClN3O4S/c1-3-33-26-8-6-5-7-23(26)24-17-21(13-15-27(24)33)32-38(35,36)22-14-16-28(37-4-2)25(18-22)31-29(34)19-9-11-20(30)12-10-19/h5-18,32H,3-4H2,1-2H3,(H,31,34). The number of halogens is 1. The van der Waals surface area contributed by atoms with Crippen molar-refractivity contribution in [2.45, 2.75) is 25.3 Å². The fourth-order valence-corrected chi connectivity index (χ4v) is 5.72. The quantitative estimate of drug-likeness (QED) is 0.221. The molecule has 1 aromatic heterocycles. The van der Waals surface area contributed by atoms with Crippen LogP contribution < -0.4 is 14.8 Å². The van der Waals surface area contributed by atoms with Gasteiger partial charge < -0.3 is 14.6 Å². The lowest BCUT2D eigenvalue weighted by molar-refractivity contribution is 0.102. The zero-order valence-electron chi connectivity index (χ0n) is 20.9. The van der Waals surface area contributed by atoms with Gasteiger partial charge in [-0.2, -0.15) is 0 Å². The predicted molar refractivity (Wildman–Crippen MR) is 153 cm³/mol. The highest BCUT2D eigenvalue weighted by atomic mass is 35.5. The maximum absolute atomic E-state index is 13.4. The minimum atomic E-state index is -3.98. The number of para-hydroxylation sites is 1. The first kappa shape index (κ1) is 25.6. The molecule has 0 unspecified atom stereocenters. The van der Waals surface area contributed by atoms with Crippen LogP contribution in [0.2, 0.25) is 5.02 Å². The maximum Gasteiger partial charge on any atom is 0.261 e. The molecule has 9 heteroatoms. The summed E-state index contributed by atoms with van der Waals surface area (Å²) in [6.45, 7) is 5.03. The number of aromatic nitrogens is 1. The van der Waals surface area contributed by atoms with Crippen molar-refractivity contribution in [2.24, 2.45) is 0 Å². The molecule has 0 aliphatic carbocycles. The Morgan fingerprint density at radius 2 is 1.63 bits per heavy atom. The van der Waals surface area contributed by atoms with Gasteiger partial charge in [0.05, 0.1) is 17.2 Å². The molecule has 0 aliphatic rings. The number of amides is 1. The molecular weight excluding hydrogens is 522 g/mol. The molecule has 194 valence electrons. The lowest BCUT2D eigenvalue weighted by Crippen LogP contribution is -2.16. The van der Waals surface area contributed by atoms with E-state index in [0.29, 0.717) is 28.6 Å². The van der Waals surface area contributed by atoms with Gasteiger partial charge in [-0.3, -0.25) is 9.52 Å². The normalized spacial score (nSPS) is 11.6. The van der Waals surface area contributed by atoms with E-state index in [0.717, 1.165) is 28.4 Å². The second-order valence-electron chi connectivity index (χ2n) is 8.65. The zero-order valence-corrected chi connectivity index (χ0v) is 22.4. The minimum Gasteiger partial charge on any atom is -0.492 e. The van der Waals surface area contributed by atoms with Crippen LogP contribution in [0.15, 0.2) is 89.8 Å². The molecular formula is C29H26ClN3O4S. The van der Waals surface area contributed by atoms with Crippen molar-refractivity contribution < 1.29 is 17.9 Å². The van der Waals surface area contributed by atoms with Crippen LogP contribution in [0.3, 0.4) is 0 Å². The van der Waals surface area contributed by atoms with Crippen molar-refractivity contribution in [3.05, 3.63) is 95.5 Å². The Labute approximate surface area is 226 Å². The first-order valence-electron chi connectivity index (χ1n) is 12.2. The first-order valence-corrected chi connectivity index (χ1v) is 14.0. The van der Waals surface area contributed by atoms with Crippen LogP contribution in [0.25, 0.3) is 21.8 Å². The lowest BCUT2D eigenvalue weighted by Gasteiger charge is -2.15. The van der Waals surface area contributed by atoms with Crippen LogP contribution in [0.1, 0.15) is 24.2 Å². The summed E-state index contributed by atoms with van der Waals surface area (Å²) in [4.78, 5) is 12.8. The Kier molecular flexibility index (Phi) is 7.01. The van der Waals surface area contributed by atoms with E-state index in [-0.39, 0.29) is 10.6 Å². The van der Waals surface area contributed by atoms with Gasteiger partial charge in [-0.1, -0.05) is 29.8 Å². The number of aryl methyl sites for hydroxylation is 1. The van der Waals surface area contributed by atoms with Gasteiger partial charge in [0, 0.05) is 44.6 Å². The third-order valence-electron chi connectivity index (χ3n) is 6.26. The highest BCUT2D eigenvalue weighted by Gasteiger charge is 2.20. The largest absolute Gasteiger partial charge is 0.492 e. The number of carbonyl (C=O) groups is 1. The summed E-state index contributed by atoms with van der Waals surface area (Å²) in [5.41, 5.74) is 3.19. The summed E-state index contributed by atoms with van der Waals surface area (Å²) in [6, 6.07) is 24.4. The fourth-order valence-electron chi connectivity index (χ4n) is 4.52. The molecule has 7 nitrogen and oxygen atoms in total. The molecule has 5 rings (SSSR count). The van der Waals surface area contributed by atoms with Crippen LogP contribution in [-0.2, 0) is 16.6 Å². The summed E-state index contributed by atoms with van der Waals surface area (Å²) in [6.07, 6.45) is 0. The van der Waals surface area contributed by atoms with Crippen molar-refractivity contribution >= 4 is 60.7 Å². The van der Waals surface area contributed by atoms with Gasteiger partial charge in [0.1, 0.15) is 5.75 Å². The van der Waals surface area contributed by atoms with Gasteiger partial charge in [0.15, 0.2) is 0 Å². The molecule has 0 saturated carbocycles. The number of carbonyl (C=O) groups excluding carboxylic acids is 1. The van der Waals surface area contributed by atoms with E-state index in [4.69, 9.17) is 16.3 Å². The number of hydrogen-bond acceptors (Lipinski definition) is 4. The van der Waals surface area contributed by atoms with Crippen molar-refractivity contribution in [1.29, 1.82) is 0 Å². The summed E-state index contributed by atoms with van der Waals surface area (Å²) in [5.74, 6) is -0.0505. The van der Waals surface area contributed by atoms with Crippen LogP contribution >= 0.6 is 11.6 Å². The SMILES string of the molecule is CCOc1ccc(S(=O)(=O)Nc2ccc3c(c2)c2ccccc2n3CC)cc1NC(=O)c1ccc(Cl)cc1. The Hall–Kier alpha value is -4.01. The fraction of sp³-hybridized carbons (Fsp3) is 0.138. The summed E-state index contributed by atoms with van der Waals surface area (Å²) in [5, 5.41) is 5.28. The van der Waals surface area contributed by atoms with Gasteiger partial charge in [-0.05, 0) is 80.6 Å². The number of fused-ring (bicyclic) bond motifs is 3. The van der Waals surface area contributed by atoms with Crippen LogP contribution in [0.4, 0.5) is 11.4 Å². The molecule has 0 radical (unpaired) electrons. The lowest BCUT2D eigenvalue weighted by atomic mass is 10.1. The third kappa shape index (κ3) is 4.92. The minimum absolute atomic E-state index is 0.0107. The smallest absolute Gasteiger partial charge is 0.261 e. The molecule has 0 bridgehead atoms. The van der Waals surface area contributed by atoms with Crippen LogP contribution in [-0.4, -0.2) is 25.5 Å². The van der Waals surface area contributed by atoms with E-state index in [9.17, 15) is 13.2 Å². The third-order valence-corrected chi connectivity index (χ3v) is 7.89. The Morgan fingerprint density at radius 3 is 2.37 bits per heavy atom. The number of nitrogens with one attached hydrogen (secondary N) is 2. The molecule has 1 heterocycles. The molecule has 2 N–H and O–H groups in total. The molecule has 4 aromatic carbocycles. The monoisotopic (exact) mass is 547 g/mol. The maximum atomic E-state index is 13.4. The molecule has 0 aliphatic heterocycles. The van der Waals surface area contributed by atoms with E-state index in [1.54, 1.807) is 30.3 Å². The molecule has 38 heavy (non-hydrogen) atoms. The average Bonchev–Trinajstić information content (AvgIpc) is 3.22. The number of ether oxygens (including phenoxy) is 1. The van der Waals surface area contributed by atoms with Gasteiger partial charge in [0.2, 0.25) is 0 Å². The van der Waals surface area contributed by atoms with Crippen molar-refractivity contribution in [1.82, 2.24) is 4.57 Å². The molecule has 5 aromatic rings. The van der Waals surface area contributed by atoms with Crippen LogP contribution in [0, 0.1) is 0 Å². The molecule has 0 atom stereocenters. The summed E-state index contributed by atoms with van der Waals surface area (Å²) < 4.78 is 37.3. The van der Waals surface area contributed by atoms with Gasteiger partial charge in [0.25, 0.3) is 15.9 Å². The summed E-state index contributed by atoms with van der Waals surface area (Å²) in [7, 11) is -3.98. The number of benzene rings is 4. The van der Waals surface area contributed by atoms with E-state index >= 15 is 0 Å². The number of rotatable bonds is 8. The number of sulfonamides is 1. The van der Waals surface area contributed by atoms with Crippen LogP contribution in [0.5, 0.6) is 5.75 Å². The summed E-state index contributed by atoms with van der Waals surface area (Å²) >= 11 is 5.92. The van der Waals surface area contributed by atoms with E-state index in [2.05, 4.69) is 27.6 Å². The second kappa shape index (κ2) is 10.4. The van der Waals surface area contributed by atoms with Gasteiger partial charge in [-0.25, -0.2) is 8.42 Å². The number of hydrogen-bond donors (Lipinski definition) is 2. The van der Waals surface area contributed by atoms with E-state index in [1.165, 1.54) is 18.2 Å². The van der Waals surface area contributed by atoms with Crippen molar-refractivity contribution in [2.75, 3.05) is 16.6 Å². The highest BCUT2D eigenvalue weighted by molar-refractivity contribution is 7.92. The van der Waals surface area contributed by atoms with Gasteiger partial charge >= 0.3 is 0 Å². The zero-order chi connectivity index (χ0) is 26.9. The Morgan fingerprint density at radius 1 is 0.895 bits per heavy atom. The Balaban J connectivity index is 1.48. The number of nitrogens with zero attached hydrogens (tertiary/aromatic N) is 1. The van der Waals surface area contributed by atoms with Crippen molar-refractivity contribution in [3.63, 3.8) is 0 Å². The number of anilines is 2. The highest BCUT2D eigenvalue weighted by Crippen LogP contribution is 2.33. The topological polar surface area (TPSA) is 89.4 Å². The first-order chi connectivity index (χ1) is 18.3. The van der Waals surface area contributed by atoms with Crippen molar-refractivity contribution in [3.8, 4) is 5.75 Å². The molecule has 0 fully saturated rings. The van der Waals surface area contributed by atoms with E-state index in [1.807, 2.05) is 37.3 Å². The molecule has 0 spiro atoms.